The van der Waals surface area contributed by atoms with E-state index in [1.165, 1.54) is 7.11 Å². The number of para-hydroxylation sites is 1. The molecule has 0 aliphatic heterocycles. The molecule has 0 saturated carbocycles. The van der Waals surface area contributed by atoms with Crippen LogP contribution in [0.3, 0.4) is 0 Å². The number of hydrogen-bond donors (Lipinski definition) is 1. The molecule has 0 atom stereocenters. The number of rotatable bonds is 3. The Morgan fingerprint density at radius 1 is 1.41 bits per heavy atom. The monoisotopic (exact) mass is 233 g/mol. The van der Waals surface area contributed by atoms with Crippen molar-refractivity contribution in [3.63, 3.8) is 0 Å². The minimum absolute atomic E-state index is 0.105. The Balaban J connectivity index is 2.63. The van der Waals surface area contributed by atoms with Gasteiger partial charge < -0.3 is 14.3 Å². The molecule has 0 aliphatic rings. The Bertz CT molecular complexity index is 559. The number of carboxylic acids is 1. The summed E-state index contributed by atoms with van der Waals surface area (Å²) in [4.78, 5) is 14.9. The van der Waals surface area contributed by atoms with E-state index in [2.05, 4.69) is 4.98 Å². The van der Waals surface area contributed by atoms with Gasteiger partial charge in [-0.25, -0.2) is 9.78 Å². The fourth-order valence-corrected chi connectivity index (χ4v) is 1.59. The summed E-state index contributed by atoms with van der Waals surface area (Å²) in [6.07, 6.45) is 0. The van der Waals surface area contributed by atoms with Crippen LogP contribution in [-0.4, -0.2) is 23.2 Å². The standard InChI is InChI=1S/C12H11NO4/c1-7-13-10(12(14)15)11(17-7)8-5-3-4-6-9(8)16-2/h3-6H,1-2H3,(H,14,15). The van der Waals surface area contributed by atoms with Crippen molar-refractivity contribution in [3.8, 4) is 17.1 Å². The maximum absolute atomic E-state index is 11.0. The summed E-state index contributed by atoms with van der Waals surface area (Å²) in [5.74, 6) is -0.0512. The molecular weight excluding hydrogens is 222 g/mol. The minimum atomic E-state index is -1.12. The first-order chi connectivity index (χ1) is 8.13. The van der Waals surface area contributed by atoms with Crippen molar-refractivity contribution in [2.75, 3.05) is 7.11 Å². The molecule has 5 heteroatoms. The Hall–Kier alpha value is -2.30. The largest absolute Gasteiger partial charge is 0.496 e. The highest BCUT2D eigenvalue weighted by Crippen LogP contribution is 2.32. The summed E-state index contributed by atoms with van der Waals surface area (Å²) >= 11 is 0. The van der Waals surface area contributed by atoms with Gasteiger partial charge in [0.05, 0.1) is 12.7 Å². The number of nitrogens with zero attached hydrogens (tertiary/aromatic N) is 1. The quantitative estimate of drug-likeness (QED) is 0.880. The zero-order chi connectivity index (χ0) is 12.4. The summed E-state index contributed by atoms with van der Waals surface area (Å²) in [6, 6.07) is 7.04. The van der Waals surface area contributed by atoms with E-state index in [1.54, 1.807) is 31.2 Å². The third kappa shape index (κ3) is 1.99. The van der Waals surface area contributed by atoms with Crippen molar-refractivity contribution in [2.24, 2.45) is 0 Å². The second kappa shape index (κ2) is 4.29. The van der Waals surface area contributed by atoms with Crippen LogP contribution >= 0.6 is 0 Å². The lowest BCUT2D eigenvalue weighted by Crippen LogP contribution is -1.99. The van der Waals surface area contributed by atoms with Gasteiger partial charge in [-0.2, -0.15) is 0 Å². The molecular formula is C12H11NO4. The number of benzene rings is 1. The molecule has 0 radical (unpaired) electrons. The summed E-state index contributed by atoms with van der Waals surface area (Å²) in [5.41, 5.74) is 0.472. The van der Waals surface area contributed by atoms with Gasteiger partial charge in [-0.1, -0.05) is 12.1 Å². The zero-order valence-corrected chi connectivity index (χ0v) is 9.43. The van der Waals surface area contributed by atoms with Crippen LogP contribution in [0.4, 0.5) is 0 Å². The number of methoxy groups -OCH3 is 1. The summed E-state index contributed by atoms with van der Waals surface area (Å²) < 4.78 is 10.5. The van der Waals surface area contributed by atoms with Crippen LogP contribution < -0.4 is 4.74 Å². The van der Waals surface area contributed by atoms with Crippen LogP contribution in [0, 0.1) is 6.92 Å². The molecule has 0 bridgehead atoms. The van der Waals surface area contributed by atoms with E-state index in [1.807, 2.05) is 0 Å². The number of aromatic carboxylic acids is 1. The van der Waals surface area contributed by atoms with Crippen molar-refractivity contribution in [2.45, 2.75) is 6.92 Å². The molecule has 88 valence electrons. The Morgan fingerprint density at radius 2 is 2.12 bits per heavy atom. The summed E-state index contributed by atoms with van der Waals surface area (Å²) in [5, 5.41) is 9.04. The predicted molar refractivity (Wildman–Crippen MR) is 60.2 cm³/mol. The van der Waals surface area contributed by atoms with Crippen molar-refractivity contribution in [3.05, 3.63) is 35.9 Å². The molecule has 17 heavy (non-hydrogen) atoms. The summed E-state index contributed by atoms with van der Waals surface area (Å²) in [7, 11) is 1.52. The number of ether oxygens (including phenoxy) is 1. The predicted octanol–water partition coefficient (Wildman–Crippen LogP) is 2.36. The number of oxazole rings is 1. The molecule has 1 aromatic carbocycles. The van der Waals surface area contributed by atoms with E-state index in [9.17, 15) is 4.79 Å². The van der Waals surface area contributed by atoms with Gasteiger partial charge in [-0.15, -0.1) is 0 Å². The van der Waals surface area contributed by atoms with Gasteiger partial charge in [0, 0.05) is 6.92 Å². The van der Waals surface area contributed by atoms with Crippen molar-refractivity contribution < 1.29 is 19.1 Å². The second-order valence-corrected chi connectivity index (χ2v) is 3.42. The molecule has 0 spiro atoms. The van der Waals surface area contributed by atoms with Crippen LogP contribution in [0.1, 0.15) is 16.4 Å². The molecule has 1 aromatic heterocycles. The van der Waals surface area contributed by atoms with Gasteiger partial charge in [0.15, 0.2) is 17.3 Å². The van der Waals surface area contributed by atoms with E-state index in [0.29, 0.717) is 17.2 Å². The number of hydrogen-bond acceptors (Lipinski definition) is 4. The third-order valence-corrected chi connectivity index (χ3v) is 2.29. The van der Waals surface area contributed by atoms with Crippen LogP contribution in [0.5, 0.6) is 5.75 Å². The number of aryl methyl sites for hydroxylation is 1. The average molecular weight is 233 g/mol. The van der Waals surface area contributed by atoms with Gasteiger partial charge >= 0.3 is 5.97 Å². The molecule has 1 heterocycles. The smallest absolute Gasteiger partial charge is 0.358 e. The molecule has 2 rings (SSSR count). The maximum Gasteiger partial charge on any atom is 0.358 e. The highest BCUT2D eigenvalue weighted by atomic mass is 16.5. The van der Waals surface area contributed by atoms with Crippen molar-refractivity contribution >= 4 is 5.97 Å². The molecule has 5 nitrogen and oxygen atoms in total. The first-order valence-corrected chi connectivity index (χ1v) is 4.97. The molecule has 0 aliphatic carbocycles. The lowest BCUT2D eigenvalue weighted by molar-refractivity contribution is 0.0691. The first kappa shape index (κ1) is 11.2. The van der Waals surface area contributed by atoms with E-state index in [-0.39, 0.29) is 11.5 Å². The third-order valence-electron chi connectivity index (χ3n) is 2.29. The average Bonchev–Trinajstić information content (AvgIpc) is 2.71. The highest BCUT2D eigenvalue weighted by Gasteiger charge is 2.21. The van der Waals surface area contributed by atoms with Gasteiger partial charge in [0.1, 0.15) is 5.75 Å². The van der Waals surface area contributed by atoms with Gasteiger partial charge in [0.2, 0.25) is 0 Å². The van der Waals surface area contributed by atoms with Gasteiger partial charge in [-0.3, -0.25) is 0 Å². The fraction of sp³-hybridized carbons (Fsp3) is 0.167. The Morgan fingerprint density at radius 3 is 2.76 bits per heavy atom. The van der Waals surface area contributed by atoms with Gasteiger partial charge in [-0.05, 0) is 12.1 Å². The van der Waals surface area contributed by atoms with Crippen LogP contribution in [0.2, 0.25) is 0 Å². The zero-order valence-electron chi connectivity index (χ0n) is 9.43. The number of carboxylic acid groups (broad SMARTS) is 1. The second-order valence-electron chi connectivity index (χ2n) is 3.42. The molecule has 2 aromatic rings. The normalized spacial score (nSPS) is 10.2. The van der Waals surface area contributed by atoms with Crippen molar-refractivity contribution in [1.82, 2.24) is 4.98 Å². The van der Waals surface area contributed by atoms with Crippen LogP contribution in [0.15, 0.2) is 28.7 Å². The molecule has 0 fully saturated rings. The van der Waals surface area contributed by atoms with E-state index in [4.69, 9.17) is 14.3 Å². The lowest BCUT2D eigenvalue weighted by Gasteiger charge is -2.05. The molecule has 0 saturated heterocycles. The number of aromatic nitrogens is 1. The SMILES string of the molecule is COc1ccccc1-c1oc(C)nc1C(=O)O. The fourth-order valence-electron chi connectivity index (χ4n) is 1.59. The van der Waals surface area contributed by atoms with E-state index in [0.717, 1.165) is 0 Å². The van der Waals surface area contributed by atoms with Gasteiger partial charge in [0.25, 0.3) is 0 Å². The van der Waals surface area contributed by atoms with Crippen LogP contribution in [-0.2, 0) is 0 Å². The molecule has 0 unspecified atom stereocenters. The summed E-state index contributed by atoms with van der Waals surface area (Å²) in [6.45, 7) is 1.60. The molecule has 0 amide bonds. The Kier molecular flexibility index (Phi) is 2.82. The molecule has 1 N–H and O–H groups in total. The van der Waals surface area contributed by atoms with E-state index < -0.39 is 5.97 Å². The minimum Gasteiger partial charge on any atom is -0.496 e. The first-order valence-electron chi connectivity index (χ1n) is 4.97. The van der Waals surface area contributed by atoms with Crippen molar-refractivity contribution in [1.29, 1.82) is 0 Å². The van der Waals surface area contributed by atoms with Crippen LogP contribution in [0.25, 0.3) is 11.3 Å². The topological polar surface area (TPSA) is 72.6 Å². The highest BCUT2D eigenvalue weighted by molar-refractivity contribution is 5.93. The number of carbonyl (C=O) groups is 1. The lowest BCUT2D eigenvalue weighted by atomic mass is 10.1. The maximum atomic E-state index is 11.0. The Labute approximate surface area is 97.7 Å². The van der Waals surface area contributed by atoms with E-state index >= 15 is 0 Å².